The van der Waals surface area contributed by atoms with Crippen LogP contribution in [0.3, 0.4) is 0 Å². The molecule has 0 saturated carbocycles. The van der Waals surface area contributed by atoms with E-state index in [0.717, 1.165) is 5.56 Å². The third-order valence-electron chi connectivity index (χ3n) is 5.26. The van der Waals surface area contributed by atoms with Crippen molar-refractivity contribution in [2.24, 2.45) is 0 Å². The number of benzene rings is 2. The molecule has 0 radical (unpaired) electrons. The summed E-state index contributed by atoms with van der Waals surface area (Å²) < 4.78 is 56.7. The molecule has 174 valence electrons. The Morgan fingerprint density at radius 3 is 2.25 bits per heavy atom. The number of halogens is 2. The van der Waals surface area contributed by atoms with Gasteiger partial charge in [0, 0.05) is 26.2 Å². The average molecular weight is 468 g/mol. The van der Waals surface area contributed by atoms with E-state index in [1.54, 1.807) is 18.2 Å². The van der Waals surface area contributed by atoms with Gasteiger partial charge in [-0.05, 0) is 35.7 Å². The van der Waals surface area contributed by atoms with Crippen molar-refractivity contribution in [1.29, 1.82) is 0 Å². The van der Waals surface area contributed by atoms with E-state index in [1.807, 2.05) is 30.9 Å². The van der Waals surface area contributed by atoms with E-state index in [1.165, 1.54) is 22.5 Å². The molecule has 1 aliphatic heterocycles. The van der Waals surface area contributed by atoms with Crippen molar-refractivity contribution in [3.8, 4) is 5.75 Å². The van der Waals surface area contributed by atoms with Gasteiger partial charge in [0.15, 0.2) is 0 Å². The number of alkyl halides is 2. The zero-order valence-corrected chi connectivity index (χ0v) is 18.8. The fourth-order valence-electron chi connectivity index (χ4n) is 3.46. The van der Waals surface area contributed by atoms with Crippen molar-refractivity contribution in [2.45, 2.75) is 31.3 Å². The van der Waals surface area contributed by atoms with Crippen LogP contribution in [0.5, 0.6) is 5.75 Å². The quantitative estimate of drug-likeness (QED) is 0.644. The second-order valence-electron chi connectivity index (χ2n) is 7.83. The number of ether oxygens (including phenoxy) is 1. The normalized spacial score (nSPS) is 15.8. The molecule has 0 spiro atoms. The summed E-state index contributed by atoms with van der Waals surface area (Å²) in [5.74, 6) is -0.193. The van der Waals surface area contributed by atoms with E-state index in [-0.39, 0.29) is 36.0 Å². The molecule has 0 atom stereocenters. The highest BCUT2D eigenvalue weighted by Crippen LogP contribution is 2.25. The first kappa shape index (κ1) is 24.1. The Morgan fingerprint density at radius 1 is 1.03 bits per heavy atom. The maximum absolute atomic E-state index is 12.9. The Balaban J connectivity index is 1.55. The molecule has 0 aromatic heterocycles. The number of hydrogen-bond acceptors (Lipinski definition) is 5. The van der Waals surface area contributed by atoms with Gasteiger partial charge in [-0.1, -0.05) is 38.1 Å². The number of rotatable bonds is 8. The zero-order chi connectivity index (χ0) is 23.3. The number of amides is 1. The van der Waals surface area contributed by atoms with E-state index in [0.29, 0.717) is 19.0 Å². The lowest BCUT2D eigenvalue weighted by Crippen LogP contribution is -2.50. The molecule has 1 aliphatic rings. The minimum atomic E-state index is -3.60. The first-order chi connectivity index (χ1) is 15.2. The number of carbonyl (C=O) groups excluding carboxylic acids is 1. The summed E-state index contributed by atoms with van der Waals surface area (Å²) in [5.41, 5.74) is 1.23. The van der Waals surface area contributed by atoms with Gasteiger partial charge in [0.1, 0.15) is 5.75 Å². The van der Waals surface area contributed by atoms with Crippen LogP contribution in [0.4, 0.5) is 14.5 Å². The molecule has 0 unspecified atom stereocenters. The Labute approximate surface area is 187 Å². The van der Waals surface area contributed by atoms with Gasteiger partial charge < -0.3 is 10.1 Å². The van der Waals surface area contributed by atoms with Crippen LogP contribution in [0.15, 0.2) is 53.4 Å². The summed E-state index contributed by atoms with van der Waals surface area (Å²) in [6, 6.07) is 12.9. The zero-order valence-electron chi connectivity index (χ0n) is 18.0. The molecule has 0 bridgehead atoms. The molecular formula is C22H27F2N3O4S. The second-order valence-corrected chi connectivity index (χ2v) is 9.76. The Morgan fingerprint density at radius 2 is 1.66 bits per heavy atom. The summed E-state index contributed by atoms with van der Waals surface area (Å²) in [7, 11) is -3.60. The van der Waals surface area contributed by atoms with Crippen LogP contribution in [0, 0.1) is 0 Å². The van der Waals surface area contributed by atoms with Crippen LogP contribution in [0.1, 0.15) is 25.3 Å². The summed E-state index contributed by atoms with van der Waals surface area (Å²) >= 11 is 0. The number of anilines is 1. The lowest BCUT2D eigenvalue weighted by Gasteiger charge is -2.33. The summed E-state index contributed by atoms with van der Waals surface area (Å²) in [5, 5.41) is 2.57. The topological polar surface area (TPSA) is 79.0 Å². The Hall–Kier alpha value is -2.56. The van der Waals surface area contributed by atoms with Gasteiger partial charge in [-0.2, -0.15) is 13.1 Å². The lowest BCUT2D eigenvalue weighted by molar-refractivity contribution is -0.117. The van der Waals surface area contributed by atoms with Crippen molar-refractivity contribution in [2.75, 3.05) is 38.0 Å². The van der Waals surface area contributed by atoms with Crippen molar-refractivity contribution in [3.63, 3.8) is 0 Å². The third-order valence-corrected chi connectivity index (χ3v) is 7.17. The molecule has 0 aliphatic carbocycles. The molecule has 2 aromatic rings. The molecule has 1 fully saturated rings. The third kappa shape index (κ3) is 6.02. The van der Waals surface area contributed by atoms with Gasteiger partial charge in [-0.25, -0.2) is 8.42 Å². The standard InChI is InChI=1S/C22H27F2N3O4S/c1-16(2)17-7-9-18(10-8-17)32(29,30)27-13-11-26(12-14-27)15-21(28)25-19-5-3-4-6-20(19)31-22(23)24/h3-10,16,22H,11-15H2,1-2H3,(H,25,28). The van der Waals surface area contributed by atoms with Crippen molar-refractivity contribution in [1.82, 2.24) is 9.21 Å². The van der Waals surface area contributed by atoms with Crippen molar-refractivity contribution < 1.29 is 26.7 Å². The van der Waals surface area contributed by atoms with E-state index in [9.17, 15) is 22.0 Å². The minimum Gasteiger partial charge on any atom is -0.433 e. The fraction of sp³-hybridized carbons (Fsp3) is 0.409. The van der Waals surface area contributed by atoms with Crippen LogP contribution in [-0.4, -0.2) is 62.9 Å². The predicted octanol–water partition coefficient (Wildman–Crippen LogP) is 3.36. The van der Waals surface area contributed by atoms with Crippen molar-refractivity contribution >= 4 is 21.6 Å². The van der Waals surface area contributed by atoms with Crippen LogP contribution in [0.25, 0.3) is 0 Å². The maximum Gasteiger partial charge on any atom is 0.387 e. The summed E-state index contributed by atoms with van der Waals surface area (Å²) in [4.78, 5) is 14.5. The van der Waals surface area contributed by atoms with Gasteiger partial charge in [-0.3, -0.25) is 9.69 Å². The molecule has 7 nitrogen and oxygen atoms in total. The van der Waals surface area contributed by atoms with Gasteiger partial charge in [0.2, 0.25) is 15.9 Å². The number of nitrogens with zero attached hydrogens (tertiary/aromatic N) is 2. The fourth-order valence-corrected chi connectivity index (χ4v) is 4.89. The first-order valence-corrected chi connectivity index (χ1v) is 11.8. The number of carbonyl (C=O) groups is 1. The molecule has 1 amide bonds. The Kier molecular flexibility index (Phi) is 7.81. The molecular weight excluding hydrogens is 440 g/mol. The first-order valence-electron chi connectivity index (χ1n) is 10.3. The summed E-state index contributed by atoms with van der Waals surface area (Å²) in [6.45, 7) is 2.38. The molecule has 1 N–H and O–H groups in total. The molecule has 2 aromatic carbocycles. The van der Waals surface area contributed by atoms with Gasteiger partial charge in [-0.15, -0.1) is 0 Å². The SMILES string of the molecule is CC(C)c1ccc(S(=O)(=O)N2CCN(CC(=O)Nc3ccccc3OC(F)F)CC2)cc1. The van der Waals surface area contributed by atoms with Crippen LogP contribution >= 0.6 is 0 Å². The Bertz CT molecular complexity index is 1020. The van der Waals surface area contributed by atoms with E-state index < -0.39 is 22.5 Å². The highest BCUT2D eigenvalue weighted by Gasteiger charge is 2.29. The lowest BCUT2D eigenvalue weighted by atomic mass is 10.0. The number of para-hydroxylation sites is 2. The van der Waals surface area contributed by atoms with Gasteiger partial charge >= 0.3 is 6.61 Å². The predicted molar refractivity (Wildman–Crippen MR) is 117 cm³/mol. The number of hydrogen-bond donors (Lipinski definition) is 1. The smallest absolute Gasteiger partial charge is 0.387 e. The highest BCUT2D eigenvalue weighted by atomic mass is 32.2. The van der Waals surface area contributed by atoms with E-state index >= 15 is 0 Å². The largest absolute Gasteiger partial charge is 0.433 e. The molecule has 10 heteroatoms. The second kappa shape index (κ2) is 10.4. The monoisotopic (exact) mass is 467 g/mol. The van der Waals surface area contributed by atoms with Gasteiger partial charge in [0.25, 0.3) is 0 Å². The number of sulfonamides is 1. The number of nitrogens with one attached hydrogen (secondary N) is 1. The minimum absolute atomic E-state index is 0.0139. The maximum atomic E-state index is 12.9. The van der Waals surface area contributed by atoms with Crippen molar-refractivity contribution in [3.05, 3.63) is 54.1 Å². The molecule has 32 heavy (non-hydrogen) atoms. The highest BCUT2D eigenvalue weighted by molar-refractivity contribution is 7.89. The molecule has 1 heterocycles. The van der Waals surface area contributed by atoms with Crippen LogP contribution in [0.2, 0.25) is 0 Å². The van der Waals surface area contributed by atoms with E-state index in [4.69, 9.17) is 0 Å². The molecule has 3 rings (SSSR count). The number of piperazine rings is 1. The summed E-state index contributed by atoms with van der Waals surface area (Å²) in [6.07, 6.45) is 0. The van der Waals surface area contributed by atoms with Crippen LogP contribution < -0.4 is 10.1 Å². The van der Waals surface area contributed by atoms with Gasteiger partial charge in [0.05, 0.1) is 17.1 Å². The van der Waals surface area contributed by atoms with E-state index in [2.05, 4.69) is 10.1 Å². The molecule has 1 saturated heterocycles. The van der Waals surface area contributed by atoms with Crippen LogP contribution in [-0.2, 0) is 14.8 Å². The average Bonchev–Trinajstić information content (AvgIpc) is 2.75.